The summed E-state index contributed by atoms with van der Waals surface area (Å²) in [5, 5.41) is 11.7. The van der Waals surface area contributed by atoms with Gasteiger partial charge in [0.1, 0.15) is 0 Å². The Morgan fingerprint density at radius 1 is 0.893 bits per heavy atom. The van der Waals surface area contributed by atoms with Gasteiger partial charge in [0.25, 0.3) is 5.91 Å². The molecule has 4 nitrogen and oxygen atoms in total. The van der Waals surface area contributed by atoms with Crippen LogP contribution in [0.2, 0.25) is 0 Å². The third kappa shape index (κ3) is 4.65. The van der Waals surface area contributed by atoms with Crippen LogP contribution < -0.4 is 5.32 Å². The van der Waals surface area contributed by atoms with E-state index in [1.54, 1.807) is 18.2 Å². The summed E-state index contributed by atoms with van der Waals surface area (Å²) in [7, 11) is 0. The second-order valence-electron chi connectivity index (χ2n) is 6.89. The van der Waals surface area contributed by atoms with Crippen LogP contribution in [0.4, 0.5) is 5.69 Å². The molecule has 0 aliphatic rings. The second kappa shape index (κ2) is 8.53. The fraction of sp³-hybridized carbons (Fsp3) is 0.167. The number of amides is 1. The first-order chi connectivity index (χ1) is 13.4. The molecule has 1 amide bonds. The highest BCUT2D eigenvalue weighted by Gasteiger charge is 2.10. The van der Waals surface area contributed by atoms with Crippen LogP contribution in [0.25, 0.3) is 11.1 Å². The maximum Gasteiger partial charge on any atom is 0.303 e. The molecule has 0 aromatic heterocycles. The molecule has 0 radical (unpaired) electrons. The van der Waals surface area contributed by atoms with Crippen molar-refractivity contribution in [3.8, 4) is 11.1 Å². The zero-order chi connectivity index (χ0) is 20.1. The highest BCUT2D eigenvalue weighted by atomic mass is 16.4. The number of anilines is 1. The van der Waals surface area contributed by atoms with Crippen LogP contribution in [0.1, 0.15) is 33.5 Å². The molecule has 4 heteroatoms. The maximum atomic E-state index is 12.7. The Labute approximate surface area is 164 Å². The lowest BCUT2D eigenvalue weighted by atomic mass is 9.94. The Morgan fingerprint density at radius 2 is 1.54 bits per heavy atom. The van der Waals surface area contributed by atoms with Gasteiger partial charge in [0, 0.05) is 17.7 Å². The molecule has 0 fully saturated rings. The number of carboxylic acid groups (broad SMARTS) is 1. The van der Waals surface area contributed by atoms with E-state index in [9.17, 15) is 9.59 Å². The lowest BCUT2D eigenvalue weighted by Crippen LogP contribution is -2.12. The minimum Gasteiger partial charge on any atom is -0.481 e. The van der Waals surface area contributed by atoms with Gasteiger partial charge in [-0.05, 0) is 72.4 Å². The Bertz CT molecular complexity index is 986. The lowest BCUT2D eigenvalue weighted by Gasteiger charge is -2.12. The van der Waals surface area contributed by atoms with Crippen LogP contribution in [0.15, 0.2) is 66.7 Å². The van der Waals surface area contributed by atoms with Gasteiger partial charge in [0.05, 0.1) is 0 Å². The van der Waals surface area contributed by atoms with Crippen molar-refractivity contribution in [3.05, 3.63) is 89.0 Å². The van der Waals surface area contributed by atoms with E-state index < -0.39 is 5.97 Å². The number of carboxylic acids is 1. The average Bonchev–Trinajstić information content (AvgIpc) is 2.67. The highest BCUT2D eigenvalue weighted by molar-refractivity contribution is 6.05. The molecule has 3 aromatic rings. The number of aliphatic carboxylic acids is 1. The number of benzene rings is 3. The van der Waals surface area contributed by atoms with E-state index in [0.717, 1.165) is 16.7 Å². The average molecular weight is 373 g/mol. The number of carbonyl (C=O) groups is 2. The van der Waals surface area contributed by atoms with Crippen molar-refractivity contribution < 1.29 is 14.7 Å². The molecule has 28 heavy (non-hydrogen) atoms. The monoisotopic (exact) mass is 373 g/mol. The molecule has 2 N–H and O–H groups in total. The van der Waals surface area contributed by atoms with Gasteiger partial charge in [-0.15, -0.1) is 0 Å². The first-order valence-electron chi connectivity index (χ1n) is 9.23. The van der Waals surface area contributed by atoms with Crippen LogP contribution in [0.3, 0.4) is 0 Å². The molecule has 0 saturated heterocycles. The second-order valence-corrected chi connectivity index (χ2v) is 6.89. The lowest BCUT2D eigenvalue weighted by molar-refractivity contribution is -0.136. The number of hydrogen-bond acceptors (Lipinski definition) is 2. The van der Waals surface area contributed by atoms with Crippen molar-refractivity contribution in [1.82, 2.24) is 0 Å². The van der Waals surface area contributed by atoms with Gasteiger partial charge in [-0.1, -0.05) is 42.5 Å². The molecule has 0 spiro atoms. The van der Waals surface area contributed by atoms with Crippen LogP contribution >= 0.6 is 0 Å². The summed E-state index contributed by atoms with van der Waals surface area (Å²) >= 11 is 0. The molecule has 0 unspecified atom stereocenters. The quantitative estimate of drug-likeness (QED) is 0.621. The largest absolute Gasteiger partial charge is 0.481 e. The van der Waals surface area contributed by atoms with Crippen molar-refractivity contribution in [2.24, 2.45) is 0 Å². The number of aryl methyl sites for hydroxylation is 3. The highest BCUT2D eigenvalue weighted by Crippen LogP contribution is 2.28. The molecule has 0 aliphatic carbocycles. The van der Waals surface area contributed by atoms with Crippen molar-refractivity contribution in [2.45, 2.75) is 26.7 Å². The molecule has 142 valence electrons. The van der Waals surface area contributed by atoms with Crippen molar-refractivity contribution >= 4 is 17.6 Å². The zero-order valence-electron chi connectivity index (χ0n) is 16.0. The standard InChI is InChI=1S/C24H23NO3/c1-16-5-3-6-17(2)23(16)19-7-4-8-20(15-19)24(28)25-21-12-9-18(10-13-21)11-14-22(26)27/h3-10,12-13,15H,11,14H2,1-2H3,(H,25,28)(H,26,27). The first kappa shape index (κ1) is 19.4. The third-order valence-electron chi connectivity index (χ3n) is 4.73. The summed E-state index contributed by atoms with van der Waals surface area (Å²) in [4.78, 5) is 23.3. The Hall–Kier alpha value is -3.40. The van der Waals surface area contributed by atoms with Crippen LogP contribution in [0.5, 0.6) is 0 Å². The summed E-state index contributed by atoms with van der Waals surface area (Å²) in [6.45, 7) is 4.14. The van der Waals surface area contributed by atoms with Crippen molar-refractivity contribution in [2.75, 3.05) is 5.32 Å². The normalized spacial score (nSPS) is 10.5. The van der Waals surface area contributed by atoms with Gasteiger partial charge in [-0.3, -0.25) is 9.59 Å². The number of carbonyl (C=O) groups excluding carboxylic acids is 1. The minimum atomic E-state index is -0.818. The van der Waals surface area contributed by atoms with E-state index in [4.69, 9.17) is 5.11 Å². The molecule has 3 aromatic carbocycles. The van der Waals surface area contributed by atoms with Gasteiger partial charge in [0.15, 0.2) is 0 Å². The predicted octanol–water partition coefficient (Wildman–Crippen LogP) is 5.24. The van der Waals surface area contributed by atoms with E-state index in [-0.39, 0.29) is 12.3 Å². The van der Waals surface area contributed by atoms with Gasteiger partial charge >= 0.3 is 5.97 Å². The van der Waals surface area contributed by atoms with E-state index >= 15 is 0 Å². The summed E-state index contributed by atoms with van der Waals surface area (Å²) in [6.07, 6.45) is 0.568. The zero-order valence-corrected chi connectivity index (χ0v) is 16.0. The Morgan fingerprint density at radius 3 is 2.18 bits per heavy atom. The predicted molar refractivity (Wildman–Crippen MR) is 112 cm³/mol. The summed E-state index contributed by atoms with van der Waals surface area (Å²) < 4.78 is 0. The fourth-order valence-corrected chi connectivity index (χ4v) is 3.30. The van der Waals surface area contributed by atoms with E-state index in [0.29, 0.717) is 17.7 Å². The van der Waals surface area contributed by atoms with Gasteiger partial charge in [0.2, 0.25) is 0 Å². The summed E-state index contributed by atoms with van der Waals surface area (Å²) in [5.74, 6) is -0.993. The molecule has 0 bridgehead atoms. The number of rotatable bonds is 6. The maximum absolute atomic E-state index is 12.7. The molecular weight excluding hydrogens is 350 g/mol. The number of hydrogen-bond donors (Lipinski definition) is 2. The minimum absolute atomic E-state index is 0.0941. The van der Waals surface area contributed by atoms with Crippen LogP contribution in [-0.2, 0) is 11.2 Å². The van der Waals surface area contributed by atoms with Gasteiger partial charge in [-0.2, -0.15) is 0 Å². The van der Waals surface area contributed by atoms with E-state index in [1.165, 1.54) is 11.1 Å². The van der Waals surface area contributed by atoms with Crippen molar-refractivity contribution in [3.63, 3.8) is 0 Å². The Kier molecular flexibility index (Phi) is 5.90. The summed E-state index contributed by atoms with van der Waals surface area (Å²) in [5.41, 5.74) is 6.73. The Balaban J connectivity index is 1.76. The number of nitrogens with one attached hydrogen (secondary N) is 1. The smallest absolute Gasteiger partial charge is 0.303 e. The van der Waals surface area contributed by atoms with Gasteiger partial charge in [-0.25, -0.2) is 0 Å². The van der Waals surface area contributed by atoms with Crippen molar-refractivity contribution in [1.29, 1.82) is 0 Å². The molecule has 3 rings (SSSR count). The molecule has 0 aliphatic heterocycles. The van der Waals surface area contributed by atoms with E-state index in [2.05, 4.69) is 31.3 Å². The summed E-state index contributed by atoms with van der Waals surface area (Å²) in [6, 6.07) is 21.1. The third-order valence-corrected chi connectivity index (χ3v) is 4.73. The molecule has 0 saturated carbocycles. The van der Waals surface area contributed by atoms with E-state index in [1.807, 2.05) is 36.4 Å². The molecular formula is C24H23NO3. The van der Waals surface area contributed by atoms with Gasteiger partial charge < -0.3 is 10.4 Å². The first-order valence-corrected chi connectivity index (χ1v) is 9.23. The van der Waals surface area contributed by atoms with Crippen LogP contribution in [-0.4, -0.2) is 17.0 Å². The SMILES string of the molecule is Cc1cccc(C)c1-c1cccc(C(=O)Nc2ccc(CCC(=O)O)cc2)c1. The molecule has 0 heterocycles. The fourth-order valence-electron chi connectivity index (χ4n) is 3.30. The molecule has 0 atom stereocenters. The van der Waals surface area contributed by atoms with Crippen LogP contribution in [0, 0.1) is 13.8 Å². The topological polar surface area (TPSA) is 66.4 Å².